The fourth-order valence-corrected chi connectivity index (χ4v) is 3.75. The lowest BCUT2D eigenvalue weighted by Gasteiger charge is -2.25. The van der Waals surface area contributed by atoms with Crippen molar-refractivity contribution < 1.29 is 4.79 Å². The molecule has 0 aromatic carbocycles. The Balaban J connectivity index is 2.19. The average molecular weight is 220 g/mol. The zero-order valence-electron chi connectivity index (χ0n) is 10.8. The van der Waals surface area contributed by atoms with Gasteiger partial charge in [0.05, 0.1) is 0 Å². The van der Waals surface area contributed by atoms with E-state index in [-0.39, 0.29) is 0 Å². The van der Waals surface area contributed by atoms with Gasteiger partial charge in [0, 0.05) is 12.3 Å². The third-order valence-electron chi connectivity index (χ3n) is 5.09. The Bertz CT molecular complexity index is 305. The Labute approximate surface area is 99.3 Å². The topological polar surface area (TPSA) is 17.1 Å². The van der Waals surface area contributed by atoms with E-state index in [4.69, 9.17) is 0 Å². The molecule has 0 aromatic rings. The predicted octanol–water partition coefficient (Wildman–Crippen LogP) is 3.84. The summed E-state index contributed by atoms with van der Waals surface area (Å²) in [5.74, 6) is 3.48. The number of ketones is 1. The van der Waals surface area contributed by atoms with E-state index in [0.717, 1.165) is 12.3 Å². The summed E-state index contributed by atoms with van der Waals surface area (Å²) in [6.45, 7) is 10.7. The highest BCUT2D eigenvalue weighted by atomic mass is 16.1. The summed E-state index contributed by atoms with van der Waals surface area (Å²) in [7, 11) is 0. The average Bonchev–Trinajstić information content (AvgIpc) is 2.42. The van der Waals surface area contributed by atoms with Crippen molar-refractivity contribution in [3.05, 3.63) is 12.2 Å². The van der Waals surface area contributed by atoms with Gasteiger partial charge in [-0.2, -0.15) is 0 Å². The van der Waals surface area contributed by atoms with Gasteiger partial charge in [0.25, 0.3) is 0 Å². The van der Waals surface area contributed by atoms with Gasteiger partial charge in [-0.05, 0) is 49.9 Å². The van der Waals surface area contributed by atoms with Gasteiger partial charge in [-0.25, -0.2) is 0 Å². The second-order valence-electron chi connectivity index (χ2n) is 6.12. The van der Waals surface area contributed by atoms with Crippen LogP contribution in [0.5, 0.6) is 0 Å². The van der Waals surface area contributed by atoms with Gasteiger partial charge in [0.2, 0.25) is 0 Å². The van der Waals surface area contributed by atoms with Crippen LogP contribution in [0.3, 0.4) is 0 Å². The van der Waals surface area contributed by atoms with E-state index in [9.17, 15) is 4.79 Å². The van der Waals surface area contributed by atoms with Crippen molar-refractivity contribution >= 4 is 5.78 Å². The molecule has 2 saturated carbocycles. The highest BCUT2D eigenvalue weighted by Crippen LogP contribution is 2.47. The van der Waals surface area contributed by atoms with Gasteiger partial charge >= 0.3 is 0 Å². The molecule has 2 fully saturated rings. The van der Waals surface area contributed by atoms with E-state index in [1.807, 2.05) is 0 Å². The standard InChI is InChI=1S/C15H24O/c1-9(2)12-6-5-10(3)13-8-15(16)11(4)14(13)7-12/h10-14H,1,5-8H2,2-4H3/t10?,11?,12?,13-,14?/m0/s1. The van der Waals surface area contributed by atoms with Gasteiger partial charge in [0.1, 0.15) is 5.78 Å². The van der Waals surface area contributed by atoms with Crippen LogP contribution in [0, 0.1) is 29.6 Å². The molecule has 1 nitrogen and oxygen atoms in total. The quantitative estimate of drug-likeness (QED) is 0.614. The number of Topliss-reactive ketones (excluding diaryl/α,β-unsaturated/α-hetero) is 1. The highest BCUT2D eigenvalue weighted by Gasteiger charge is 2.44. The molecule has 0 bridgehead atoms. The Hall–Kier alpha value is -0.590. The molecule has 2 rings (SSSR count). The van der Waals surface area contributed by atoms with Crippen molar-refractivity contribution in [2.45, 2.75) is 46.5 Å². The molecule has 0 heterocycles. The monoisotopic (exact) mass is 220 g/mol. The lowest BCUT2D eigenvalue weighted by molar-refractivity contribution is -0.120. The highest BCUT2D eigenvalue weighted by molar-refractivity contribution is 5.83. The third kappa shape index (κ3) is 1.97. The third-order valence-corrected chi connectivity index (χ3v) is 5.09. The van der Waals surface area contributed by atoms with Gasteiger partial charge in [-0.15, -0.1) is 0 Å². The molecule has 0 amide bonds. The van der Waals surface area contributed by atoms with Crippen LogP contribution in [0.4, 0.5) is 0 Å². The fraction of sp³-hybridized carbons (Fsp3) is 0.800. The smallest absolute Gasteiger partial charge is 0.136 e. The minimum atomic E-state index is 0.299. The normalized spacial score (nSPS) is 43.9. The molecule has 16 heavy (non-hydrogen) atoms. The molecular weight excluding hydrogens is 196 g/mol. The van der Waals surface area contributed by atoms with Crippen LogP contribution in [0.15, 0.2) is 12.2 Å². The molecule has 90 valence electrons. The maximum Gasteiger partial charge on any atom is 0.136 e. The van der Waals surface area contributed by atoms with E-state index in [1.165, 1.54) is 24.8 Å². The number of allylic oxidation sites excluding steroid dienone is 1. The second-order valence-corrected chi connectivity index (χ2v) is 6.12. The van der Waals surface area contributed by atoms with E-state index in [1.54, 1.807) is 0 Å². The lowest BCUT2D eigenvalue weighted by atomic mass is 9.79. The minimum absolute atomic E-state index is 0.299. The summed E-state index contributed by atoms with van der Waals surface area (Å²) in [6.07, 6.45) is 4.61. The van der Waals surface area contributed by atoms with E-state index in [0.29, 0.717) is 29.5 Å². The molecule has 2 aliphatic carbocycles. The van der Waals surface area contributed by atoms with E-state index in [2.05, 4.69) is 27.4 Å². The number of hydrogen-bond acceptors (Lipinski definition) is 1. The molecule has 2 aliphatic rings. The van der Waals surface area contributed by atoms with Crippen LogP contribution in [0.25, 0.3) is 0 Å². The van der Waals surface area contributed by atoms with Crippen LogP contribution in [-0.4, -0.2) is 5.78 Å². The first-order valence-corrected chi connectivity index (χ1v) is 6.68. The van der Waals surface area contributed by atoms with Crippen molar-refractivity contribution in [1.82, 2.24) is 0 Å². The maximum atomic E-state index is 11.9. The molecule has 0 aliphatic heterocycles. The summed E-state index contributed by atoms with van der Waals surface area (Å²) >= 11 is 0. The summed E-state index contributed by atoms with van der Waals surface area (Å²) in [5, 5.41) is 0. The van der Waals surface area contributed by atoms with Crippen molar-refractivity contribution in [2.75, 3.05) is 0 Å². The Morgan fingerprint density at radius 1 is 1.25 bits per heavy atom. The number of fused-ring (bicyclic) bond motifs is 1. The van der Waals surface area contributed by atoms with Crippen LogP contribution in [-0.2, 0) is 4.79 Å². The minimum Gasteiger partial charge on any atom is -0.299 e. The Morgan fingerprint density at radius 3 is 2.56 bits per heavy atom. The van der Waals surface area contributed by atoms with Crippen molar-refractivity contribution in [3.63, 3.8) is 0 Å². The van der Waals surface area contributed by atoms with Crippen molar-refractivity contribution in [2.24, 2.45) is 29.6 Å². The molecule has 4 unspecified atom stereocenters. The van der Waals surface area contributed by atoms with E-state index >= 15 is 0 Å². The van der Waals surface area contributed by atoms with Crippen LogP contribution in [0.1, 0.15) is 46.5 Å². The molecular formula is C15H24O. The van der Waals surface area contributed by atoms with Crippen LogP contribution in [0.2, 0.25) is 0 Å². The summed E-state index contributed by atoms with van der Waals surface area (Å²) in [6, 6.07) is 0. The molecule has 0 saturated heterocycles. The number of carbonyl (C=O) groups is 1. The van der Waals surface area contributed by atoms with Crippen molar-refractivity contribution in [1.29, 1.82) is 0 Å². The zero-order valence-corrected chi connectivity index (χ0v) is 10.8. The largest absolute Gasteiger partial charge is 0.299 e. The number of hydrogen-bond donors (Lipinski definition) is 0. The first kappa shape index (κ1) is 11.9. The summed E-state index contributed by atoms with van der Waals surface area (Å²) in [5.41, 5.74) is 1.32. The van der Waals surface area contributed by atoms with Gasteiger partial charge in [-0.1, -0.05) is 26.0 Å². The molecule has 0 aromatic heterocycles. The molecule has 1 heteroatoms. The van der Waals surface area contributed by atoms with E-state index < -0.39 is 0 Å². The molecule has 0 N–H and O–H groups in total. The molecule has 0 spiro atoms. The summed E-state index contributed by atoms with van der Waals surface area (Å²) < 4.78 is 0. The zero-order chi connectivity index (χ0) is 11.9. The molecule has 0 radical (unpaired) electrons. The van der Waals surface area contributed by atoms with Crippen LogP contribution >= 0.6 is 0 Å². The molecule has 5 atom stereocenters. The maximum absolute atomic E-state index is 11.9. The number of carbonyl (C=O) groups excluding carboxylic acids is 1. The SMILES string of the molecule is C=C(C)C1CCC(C)[C@@H]2CC(=O)C(C)C2C1. The first-order chi connectivity index (χ1) is 7.50. The predicted molar refractivity (Wildman–Crippen MR) is 67.1 cm³/mol. The first-order valence-electron chi connectivity index (χ1n) is 6.68. The second kappa shape index (κ2) is 4.35. The van der Waals surface area contributed by atoms with Crippen molar-refractivity contribution in [3.8, 4) is 0 Å². The summed E-state index contributed by atoms with van der Waals surface area (Å²) in [4.78, 5) is 11.9. The van der Waals surface area contributed by atoms with Gasteiger partial charge < -0.3 is 0 Å². The Kier molecular flexibility index (Phi) is 3.23. The van der Waals surface area contributed by atoms with Gasteiger partial charge in [-0.3, -0.25) is 4.79 Å². The lowest BCUT2D eigenvalue weighted by Crippen LogP contribution is -2.19. The fourth-order valence-electron chi connectivity index (χ4n) is 3.75. The Morgan fingerprint density at radius 2 is 1.94 bits per heavy atom. The number of rotatable bonds is 1. The van der Waals surface area contributed by atoms with Gasteiger partial charge in [0.15, 0.2) is 0 Å². The van der Waals surface area contributed by atoms with Crippen LogP contribution < -0.4 is 0 Å².